The third-order valence-electron chi connectivity index (χ3n) is 6.49. The molecule has 1 atom stereocenters. The lowest BCUT2D eigenvalue weighted by Gasteiger charge is -2.32. The van der Waals surface area contributed by atoms with Crippen LogP contribution in [0, 0.1) is 11.6 Å². The molecule has 0 unspecified atom stereocenters. The Morgan fingerprint density at radius 3 is 2.42 bits per heavy atom. The lowest BCUT2D eigenvalue weighted by molar-refractivity contribution is -0.133. The number of carbonyl (C=O) groups excluding carboxylic acids is 2. The van der Waals surface area contributed by atoms with E-state index >= 15 is 0 Å². The van der Waals surface area contributed by atoms with Crippen LogP contribution in [0.5, 0.6) is 0 Å². The van der Waals surface area contributed by atoms with Crippen molar-refractivity contribution in [3.8, 4) is 0 Å². The zero-order chi connectivity index (χ0) is 27.3. The van der Waals surface area contributed by atoms with Crippen LogP contribution >= 0.6 is 0 Å². The summed E-state index contributed by atoms with van der Waals surface area (Å²) in [4.78, 5) is 30.5. The maximum absolute atomic E-state index is 14.6. The van der Waals surface area contributed by atoms with Crippen LogP contribution in [-0.2, 0) is 9.53 Å². The maximum atomic E-state index is 14.6. The average Bonchev–Trinajstić information content (AvgIpc) is 3.32. The summed E-state index contributed by atoms with van der Waals surface area (Å²) >= 11 is 0. The third kappa shape index (κ3) is 7.14. The van der Waals surface area contributed by atoms with Crippen LogP contribution in [0.25, 0.3) is 0 Å². The highest BCUT2D eigenvalue weighted by Crippen LogP contribution is 2.33. The molecular formula is C28H35F2N5O3. The van der Waals surface area contributed by atoms with Gasteiger partial charge in [0.05, 0.1) is 25.0 Å². The van der Waals surface area contributed by atoms with Gasteiger partial charge in [-0.1, -0.05) is 30.3 Å². The molecule has 2 aromatic rings. The summed E-state index contributed by atoms with van der Waals surface area (Å²) in [6.45, 7) is 9.15. The highest BCUT2D eigenvalue weighted by atomic mass is 19.1. The molecule has 1 saturated heterocycles. The van der Waals surface area contributed by atoms with Crippen molar-refractivity contribution >= 4 is 17.6 Å². The van der Waals surface area contributed by atoms with Crippen LogP contribution in [0.15, 0.2) is 53.6 Å². The largest absolute Gasteiger partial charge is 0.379 e. The fraction of sp³-hybridized carbons (Fsp3) is 0.464. The first-order valence-corrected chi connectivity index (χ1v) is 12.9. The Kier molecular flexibility index (Phi) is 8.73. The van der Waals surface area contributed by atoms with Gasteiger partial charge in [0, 0.05) is 43.7 Å². The number of amides is 3. The molecule has 0 aromatic heterocycles. The first kappa shape index (κ1) is 27.7. The number of halogens is 2. The summed E-state index contributed by atoms with van der Waals surface area (Å²) in [6, 6.07) is 11.2. The second-order valence-corrected chi connectivity index (χ2v) is 10.6. The topological polar surface area (TPSA) is 77.5 Å². The number of hydrogen-bond acceptors (Lipinski definition) is 5. The molecule has 0 saturated carbocycles. The van der Waals surface area contributed by atoms with Crippen molar-refractivity contribution in [2.75, 3.05) is 45.9 Å². The number of nitrogens with zero attached hydrogens (tertiary/aromatic N) is 4. The van der Waals surface area contributed by atoms with Crippen LogP contribution < -0.4 is 5.32 Å². The highest BCUT2D eigenvalue weighted by Gasteiger charge is 2.35. The molecular weight excluding hydrogens is 492 g/mol. The summed E-state index contributed by atoms with van der Waals surface area (Å²) in [5.74, 6) is -1.24. The van der Waals surface area contributed by atoms with Crippen molar-refractivity contribution in [2.45, 2.75) is 38.8 Å². The Morgan fingerprint density at radius 1 is 1.08 bits per heavy atom. The number of nitrogens with one attached hydrogen (secondary N) is 1. The van der Waals surface area contributed by atoms with Gasteiger partial charge >= 0.3 is 6.03 Å². The van der Waals surface area contributed by atoms with E-state index in [4.69, 9.17) is 4.74 Å². The van der Waals surface area contributed by atoms with Gasteiger partial charge in [-0.3, -0.25) is 9.69 Å². The first-order valence-electron chi connectivity index (χ1n) is 12.9. The van der Waals surface area contributed by atoms with E-state index in [0.717, 1.165) is 13.1 Å². The van der Waals surface area contributed by atoms with Crippen molar-refractivity contribution < 1.29 is 23.1 Å². The Labute approximate surface area is 222 Å². The van der Waals surface area contributed by atoms with Crippen molar-refractivity contribution in [3.63, 3.8) is 0 Å². The summed E-state index contributed by atoms with van der Waals surface area (Å²) in [7, 11) is 0. The molecule has 0 radical (unpaired) electrons. The molecule has 1 N–H and O–H groups in total. The van der Waals surface area contributed by atoms with E-state index in [0.29, 0.717) is 43.1 Å². The zero-order valence-electron chi connectivity index (χ0n) is 22.1. The molecule has 2 aliphatic rings. The van der Waals surface area contributed by atoms with Gasteiger partial charge in [-0.05, 0) is 44.5 Å². The fourth-order valence-corrected chi connectivity index (χ4v) is 4.52. The van der Waals surface area contributed by atoms with Crippen molar-refractivity contribution in [1.82, 2.24) is 20.1 Å². The molecule has 10 heteroatoms. The molecule has 3 amide bonds. The smallest absolute Gasteiger partial charge is 0.318 e. The second kappa shape index (κ2) is 12.0. The number of carbonyl (C=O) groups is 2. The van der Waals surface area contributed by atoms with Crippen LogP contribution in [0.2, 0.25) is 0 Å². The molecule has 0 aliphatic carbocycles. The van der Waals surface area contributed by atoms with Gasteiger partial charge in [0.2, 0.25) is 0 Å². The van der Waals surface area contributed by atoms with Crippen molar-refractivity contribution in [3.05, 3.63) is 71.3 Å². The summed E-state index contributed by atoms with van der Waals surface area (Å²) in [5.41, 5.74) is 0.917. The summed E-state index contributed by atoms with van der Waals surface area (Å²) < 4.78 is 33.6. The molecule has 2 heterocycles. The van der Waals surface area contributed by atoms with Crippen molar-refractivity contribution in [1.29, 1.82) is 0 Å². The minimum Gasteiger partial charge on any atom is -0.379 e. The number of hydrogen-bond donors (Lipinski definition) is 1. The second-order valence-electron chi connectivity index (χ2n) is 10.6. The predicted molar refractivity (Wildman–Crippen MR) is 141 cm³/mol. The van der Waals surface area contributed by atoms with E-state index in [2.05, 4.69) is 15.3 Å². The van der Waals surface area contributed by atoms with Gasteiger partial charge in [0.1, 0.15) is 18.2 Å². The minimum atomic E-state index is -0.551. The Hall–Kier alpha value is -3.37. The normalized spacial score (nSPS) is 18.3. The quantitative estimate of drug-likeness (QED) is 0.595. The molecule has 1 fully saturated rings. The van der Waals surface area contributed by atoms with E-state index in [-0.39, 0.29) is 19.0 Å². The van der Waals surface area contributed by atoms with Gasteiger partial charge in [0.15, 0.2) is 0 Å². The number of benzene rings is 2. The number of urea groups is 1. The number of rotatable bonds is 7. The van der Waals surface area contributed by atoms with Gasteiger partial charge in [0.25, 0.3) is 5.91 Å². The van der Waals surface area contributed by atoms with Gasteiger partial charge < -0.3 is 15.0 Å². The Bertz CT molecular complexity index is 1160. The summed E-state index contributed by atoms with van der Waals surface area (Å²) in [6.07, 6.45) is 0.264. The third-order valence-corrected chi connectivity index (χ3v) is 6.49. The molecule has 38 heavy (non-hydrogen) atoms. The van der Waals surface area contributed by atoms with Crippen molar-refractivity contribution in [2.24, 2.45) is 5.10 Å². The zero-order valence-corrected chi connectivity index (χ0v) is 22.1. The number of ether oxygens (including phenoxy) is 1. The van der Waals surface area contributed by atoms with E-state index < -0.39 is 29.1 Å². The first-order chi connectivity index (χ1) is 18.1. The lowest BCUT2D eigenvalue weighted by Crippen LogP contribution is -2.53. The van der Waals surface area contributed by atoms with Crippen LogP contribution in [0.3, 0.4) is 0 Å². The van der Waals surface area contributed by atoms with E-state index in [1.807, 2.05) is 20.8 Å². The SMILES string of the molecule is CC(C)(C)NC(=O)N(CCN1CCOCC1)CC(=O)N1N=C(c2ccccc2F)C[C@@H]1c1ccc(F)cc1. The maximum Gasteiger partial charge on any atom is 0.318 e. The molecule has 8 nitrogen and oxygen atoms in total. The molecule has 2 aromatic carbocycles. The summed E-state index contributed by atoms with van der Waals surface area (Å²) in [5, 5.41) is 8.76. The molecule has 0 spiro atoms. The van der Waals surface area contributed by atoms with E-state index in [1.165, 1.54) is 28.1 Å². The van der Waals surface area contributed by atoms with Crippen LogP contribution in [-0.4, -0.2) is 83.9 Å². The fourth-order valence-electron chi connectivity index (χ4n) is 4.52. The standard InChI is InChI=1S/C28H35F2N5O3/c1-28(2,3)31-27(37)34(13-12-33-14-16-38-17-15-33)19-26(36)35-25(20-8-10-21(29)11-9-20)18-24(32-35)22-6-4-5-7-23(22)30/h4-11,25H,12-19H2,1-3H3,(H,31,37)/t25-/m1/s1. The van der Waals surface area contributed by atoms with E-state index in [1.54, 1.807) is 30.3 Å². The lowest BCUT2D eigenvalue weighted by atomic mass is 9.98. The van der Waals surface area contributed by atoms with Crippen LogP contribution in [0.1, 0.15) is 44.4 Å². The Morgan fingerprint density at radius 2 is 1.76 bits per heavy atom. The Balaban J connectivity index is 1.58. The number of hydrazone groups is 1. The average molecular weight is 528 g/mol. The monoisotopic (exact) mass is 527 g/mol. The van der Waals surface area contributed by atoms with E-state index in [9.17, 15) is 18.4 Å². The minimum absolute atomic E-state index is 0.210. The van der Waals surface area contributed by atoms with Gasteiger partial charge in [-0.15, -0.1) is 0 Å². The molecule has 2 aliphatic heterocycles. The highest BCUT2D eigenvalue weighted by molar-refractivity contribution is 6.03. The van der Waals surface area contributed by atoms with Gasteiger partial charge in [-0.2, -0.15) is 5.10 Å². The molecule has 204 valence electrons. The molecule has 4 rings (SSSR count). The van der Waals surface area contributed by atoms with Gasteiger partial charge in [-0.25, -0.2) is 18.6 Å². The van der Waals surface area contributed by atoms with Crippen LogP contribution in [0.4, 0.5) is 13.6 Å². The number of morpholine rings is 1. The predicted octanol–water partition coefficient (Wildman–Crippen LogP) is 3.78. The molecule has 0 bridgehead atoms.